The quantitative estimate of drug-likeness (QED) is 0.260. The van der Waals surface area contributed by atoms with Crippen molar-refractivity contribution >= 4 is 23.2 Å². The molecule has 0 amide bonds. The predicted molar refractivity (Wildman–Crippen MR) is 153 cm³/mol. The van der Waals surface area contributed by atoms with E-state index in [-0.39, 0.29) is 5.16 Å². The van der Waals surface area contributed by atoms with Crippen LogP contribution in [-0.2, 0) is 0 Å². The van der Waals surface area contributed by atoms with Crippen LogP contribution in [0.25, 0.3) is 0 Å². The first-order valence-corrected chi connectivity index (χ1v) is 14.2. The van der Waals surface area contributed by atoms with Crippen molar-refractivity contribution in [2.75, 3.05) is 0 Å². The molecule has 3 rings (SSSR count). The summed E-state index contributed by atoms with van der Waals surface area (Å²) >= 11 is 0. The van der Waals surface area contributed by atoms with Gasteiger partial charge in [0.25, 0.3) is 0 Å². The van der Waals surface area contributed by atoms with Gasteiger partial charge in [0.2, 0.25) is 0 Å². The summed E-state index contributed by atoms with van der Waals surface area (Å²) in [6.45, 7) is 19.0. The molecule has 0 atom stereocenters. The largest absolute Gasteiger partial charge is 0.121 e. The van der Waals surface area contributed by atoms with Crippen molar-refractivity contribution in [3.05, 3.63) is 103 Å². The molecule has 0 radical (unpaired) electrons. The van der Waals surface area contributed by atoms with Crippen LogP contribution in [0.15, 0.2) is 103 Å². The summed E-state index contributed by atoms with van der Waals surface area (Å²) in [6.07, 6.45) is 5.82. The molecule has 32 heavy (non-hydrogen) atoms. The number of rotatable bonds is 6. The Hall–Kier alpha value is -2.17. The Morgan fingerprint density at radius 2 is 0.844 bits per heavy atom. The van der Waals surface area contributed by atoms with Crippen LogP contribution in [-0.4, -0.2) is 5.16 Å². The van der Waals surface area contributed by atoms with Gasteiger partial charge >= 0.3 is 0 Å². The van der Waals surface area contributed by atoms with Crippen LogP contribution in [0.2, 0.25) is 0 Å². The highest BCUT2D eigenvalue weighted by atomic mass is 31.2. The zero-order chi connectivity index (χ0) is 24.5. The van der Waals surface area contributed by atoms with Crippen LogP contribution in [0.3, 0.4) is 0 Å². The van der Waals surface area contributed by atoms with E-state index in [1.807, 2.05) is 41.5 Å². The van der Waals surface area contributed by atoms with Gasteiger partial charge in [-0.2, -0.15) is 0 Å². The Balaban J connectivity index is 0.00000148. The second-order valence-electron chi connectivity index (χ2n) is 7.14. The van der Waals surface area contributed by atoms with Crippen molar-refractivity contribution in [1.29, 1.82) is 0 Å². The molecule has 0 nitrogen and oxygen atoms in total. The van der Waals surface area contributed by atoms with Crippen molar-refractivity contribution in [2.24, 2.45) is 0 Å². The molecular formula is C31H46P+. The maximum Gasteiger partial charge on any atom is 0.121 e. The fourth-order valence-corrected chi connectivity index (χ4v) is 9.00. The van der Waals surface area contributed by atoms with Crippen molar-refractivity contribution in [3.8, 4) is 0 Å². The highest BCUT2D eigenvalue weighted by Crippen LogP contribution is 2.66. The summed E-state index contributed by atoms with van der Waals surface area (Å²) < 4.78 is 0. The van der Waals surface area contributed by atoms with E-state index in [0.717, 1.165) is 6.42 Å². The molecule has 0 aliphatic heterocycles. The van der Waals surface area contributed by atoms with E-state index < -0.39 is 7.26 Å². The Morgan fingerprint density at radius 3 is 1.09 bits per heavy atom. The van der Waals surface area contributed by atoms with Gasteiger partial charge in [0.15, 0.2) is 0 Å². The Bertz CT molecular complexity index is 737. The number of allylic oxidation sites excluding steroid dienone is 2. The van der Waals surface area contributed by atoms with Gasteiger partial charge < -0.3 is 0 Å². The van der Waals surface area contributed by atoms with Crippen LogP contribution in [0.4, 0.5) is 0 Å². The Kier molecular flexibility index (Phi) is 15.3. The zero-order valence-corrected chi connectivity index (χ0v) is 22.9. The minimum Gasteiger partial charge on any atom is -0.0846 e. The van der Waals surface area contributed by atoms with Crippen LogP contribution in [0, 0.1) is 0 Å². The zero-order valence-electron chi connectivity index (χ0n) is 22.0. The molecule has 0 N–H and O–H groups in total. The topological polar surface area (TPSA) is 0 Å². The molecule has 0 bridgehead atoms. The lowest BCUT2D eigenvalue weighted by atomic mass is 10.2. The van der Waals surface area contributed by atoms with Gasteiger partial charge in [0.05, 0.1) is 0 Å². The lowest BCUT2D eigenvalue weighted by Gasteiger charge is -2.39. The Morgan fingerprint density at radius 1 is 0.562 bits per heavy atom. The number of benzene rings is 3. The summed E-state index contributed by atoms with van der Waals surface area (Å²) in [5.74, 6) is 0. The van der Waals surface area contributed by atoms with Crippen molar-refractivity contribution in [2.45, 2.75) is 73.9 Å². The predicted octanol–water partition coefficient (Wildman–Crippen LogP) is 8.80. The maximum absolute atomic E-state index is 2.44. The number of hydrogen-bond acceptors (Lipinski definition) is 0. The monoisotopic (exact) mass is 449 g/mol. The molecule has 0 unspecified atom stereocenters. The van der Waals surface area contributed by atoms with E-state index >= 15 is 0 Å². The first-order valence-electron chi connectivity index (χ1n) is 12.4. The van der Waals surface area contributed by atoms with Gasteiger partial charge in [-0.25, -0.2) is 0 Å². The molecule has 0 aromatic heterocycles. The highest BCUT2D eigenvalue weighted by molar-refractivity contribution is 7.97. The highest BCUT2D eigenvalue weighted by Gasteiger charge is 2.56. The smallest absolute Gasteiger partial charge is 0.0846 e. The molecule has 0 saturated carbocycles. The summed E-state index contributed by atoms with van der Waals surface area (Å²) in [4.78, 5) is 0. The molecule has 0 heterocycles. The molecule has 1 heteroatoms. The molecule has 3 aromatic carbocycles. The van der Waals surface area contributed by atoms with Gasteiger partial charge in [-0.15, -0.1) is 0 Å². The minimum absolute atomic E-state index is 0.00701. The second kappa shape index (κ2) is 16.5. The molecule has 0 aliphatic carbocycles. The third kappa shape index (κ3) is 6.91. The summed E-state index contributed by atoms with van der Waals surface area (Å²) in [5, 5.41) is 4.31. The maximum atomic E-state index is 2.44. The molecule has 0 spiro atoms. The SMILES string of the molecule is CC.CC.CC.CC/C=C/C(C)(C)[P+](c1ccccc1)(c1ccccc1)c1ccccc1. The summed E-state index contributed by atoms with van der Waals surface area (Å²) in [7, 11) is -1.87. The first-order chi connectivity index (χ1) is 15.6. The third-order valence-corrected chi connectivity index (χ3v) is 10.2. The normalized spacial score (nSPS) is 10.7. The van der Waals surface area contributed by atoms with E-state index in [1.165, 1.54) is 15.9 Å². The molecule has 0 fully saturated rings. The van der Waals surface area contributed by atoms with Crippen LogP contribution < -0.4 is 15.9 Å². The number of hydrogen-bond donors (Lipinski definition) is 0. The molecule has 3 aromatic rings. The van der Waals surface area contributed by atoms with Crippen LogP contribution >= 0.6 is 7.26 Å². The van der Waals surface area contributed by atoms with Crippen LogP contribution in [0.1, 0.15) is 68.7 Å². The Labute approximate surface area is 200 Å². The van der Waals surface area contributed by atoms with Gasteiger partial charge in [-0.05, 0) is 62.7 Å². The van der Waals surface area contributed by atoms with Gasteiger partial charge in [-0.1, -0.05) is 109 Å². The molecule has 0 saturated heterocycles. The van der Waals surface area contributed by atoms with E-state index in [1.54, 1.807) is 0 Å². The molecular weight excluding hydrogens is 403 g/mol. The second-order valence-corrected chi connectivity index (χ2v) is 11.2. The molecule has 174 valence electrons. The molecule has 0 aliphatic rings. The lowest BCUT2D eigenvalue weighted by molar-refractivity contribution is 0.873. The average Bonchev–Trinajstić information content (AvgIpc) is 2.89. The third-order valence-electron chi connectivity index (χ3n) is 5.06. The fraction of sp³-hybridized carbons (Fsp3) is 0.355. The van der Waals surface area contributed by atoms with Gasteiger partial charge in [0.1, 0.15) is 28.3 Å². The summed E-state index contributed by atoms with van der Waals surface area (Å²) in [6, 6.07) is 33.3. The van der Waals surface area contributed by atoms with Crippen molar-refractivity contribution in [1.82, 2.24) is 0 Å². The van der Waals surface area contributed by atoms with Crippen LogP contribution in [0.5, 0.6) is 0 Å². The first kappa shape index (κ1) is 29.8. The van der Waals surface area contributed by atoms with Crippen molar-refractivity contribution in [3.63, 3.8) is 0 Å². The minimum atomic E-state index is -1.87. The fourth-order valence-electron chi connectivity index (χ4n) is 3.92. The standard InChI is InChI=1S/C25H28P.3C2H6/c1-4-5-21-25(2,3)26(22-15-9-6-10-16-22,23-17-11-7-12-18-23)24-19-13-8-14-20-24;3*1-2/h5-21H,4H2,1-3H3;3*1-2H3/q+1;;;/b21-5+;;;. The van der Waals surface area contributed by atoms with Crippen molar-refractivity contribution < 1.29 is 0 Å². The van der Waals surface area contributed by atoms with E-state index in [4.69, 9.17) is 0 Å². The summed E-state index contributed by atoms with van der Waals surface area (Å²) in [5.41, 5.74) is 0. The van der Waals surface area contributed by atoms with E-state index in [9.17, 15) is 0 Å². The van der Waals surface area contributed by atoms with E-state index in [2.05, 4.69) is 124 Å². The average molecular weight is 450 g/mol. The van der Waals surface area contributed by atoms with E-state index in [0.29, 0.717) is 0 Å². The lowest BCUT2D eigenvalue weighted by Crippen LogP contribution is -2.43. The van der Waals surface area contributed by atoms with Gasteiger partial charge in [-0.3, -0.25) is 0 Å². The van der Waals surface area contributed by atoms with Gasteiger partial charge in [0, 0.05) is 0 Å².